The van der Waals surface area contributed by atoms with Crippen molar-refractivity contribution in [3.63, 3.8) is 0 Å². The summed E-state index contributed by atoms with van der Waals surface area (Å²) in [6.45, 7) is 3.22. The molecule has 0 saturated carbocycles. The first kappa shape index (κ1) is 19.6. The van der Waals surface area contributed by atoms with Gasteiger partial charge in [0, 0.05) is 11.1 Å². The Labute approximate surface area is 162 Å². The van der Waals surface area contributed by atoms with E-state index in [9.17, 15) is 13.2 Å². The second kappa shape index (κ2) is 7.81. The fraction of sp³-hybridized carbons (Fsp3) is 0.211. The largest absolute Gasteiger partial charge is 0.497 e. The van der Waals surface area contributed by atoms with E-state index in [-0.39, 0.29) is 16.8 Å². The highest BCUT2D eigenvalue weighted by Gasteiger charge is 2.21. The minimum Gasteiger partial charge on any atom is -0.497 e. The molecule has 3 aromatic rings. The average molecular weight is 401 g/mol. The summed E-state index contributed by atoms with van der Waals surface area (Å²) in [7, 11) is -1.92. The van der Waals surface area contributed by atoms with Crippen molar-refractivity contribution in [1.82, 2.24) is 10.2 Å². The zero-order chi connectivity index (χ0) is 20.3. The molecule has 0 atom stereocenters. The molecule has 3 rings (SSSR count). The molecule has 1 aromatic heterocycles. The van der Waals surface area contributed by atoms with Crippen LogP contribution in [0, 0.1) is 0 Å². The lowest BCUT2D eigenvalue weighted by Crippen LogP contribution is -2.13. The Balaban J connectivity index is 1.82. The van der Waals surface area contributed by atoms with E-state index in [0.29, 0.717) is 16.9 Å². The van der Waals surface area contributed by atoms with Crippen molar-refractivity contribution in [2.75, 3.05) is 12.4 Å². The van der Waals surface area contributed by atoms with Crippen LogP contribution in [-0.4, -0.2) is 36.9 Å². The van der Waals surface area contributed by atoms with Crippen LogP contribution in [0.15, 0.2) is 57.8 Å². The number of ether oxygens (including phenoxy) is 1. The summed E-state index contributed by atoms with van der Waals surface area (Å²) in [5.41, 5.74) is 0.806. The van der Waals surface area contributed by atoms with Crippen molar-refractivity contribution in [2.24, 2.45) is 0 Å². The monoisotopic (exact) mass is 401 g/mol. The van der Waals surface area contributed by atoms with Gasteiger partial charge in [-0.2, -0.15) is 0 Å². The molecule has 0 saturated heterocycles. The van der Waals surface area contributed by atoms with Crippen molar-refractivity contribution in [2.45, 2.75) is 24.0 Å². The average Bonchev–Trinajstić information content (AvgIpc) is 3.16. The third-order valence-corrected chi connectivity index (χ3v) is 6.16. The molecular formula is C19H19N3O5S. The molecule has 0 unspecified atom stereocenters. The van der Waals surface area contributed by atoms with Crippen molar-refractivity contribution in [3.8, 4) is 17.2 Å². The predicted molar refractivity (Wildman–Crippen MR) is 103 cm³/mol. The first-order chi connectivity index (χ1) is 13.3. The van der Waals surface area contributed by atoms with Gasteiger partial charge < -0.3 is 9.15 Å². The van der Waals surface area contributed by atoms with Crippen LogP contribution in [0.3, 0.4) is 0 Å². The number of anilines is 1. The fourth-order valence-electron chi connectivity index (χ4n) is 2.40. The van der Waals surface area contributed by atoms with Crippen LogP contribution in [0.5, 0.6) is 5.75 Å². The van der Waals surface area contributed by atoms with Crippen LogP contribution in [0.1, 0.15) is 24.2 Å². The number of rotatable bonds is 6. The summed E-state index contributed by atoms with van der Waals surface area (Å²) in [6, 6.07) is 12.7. The van der Waals surface area contributed by atoms with Crippen LogP contribution in [0.2, 0.25) is 0 Å². The van der Waals surface area contributed by atoms with Gasteiger partial charge in [0.05, 0.1) is 17.3 Å². The molecule has 0 aliphatic heterocycles. The predicted octanol–water partition coefficient (Wildman–Crippen LogP) is 3.18. The molecule has 2 aromatic carbocycles. The normalized spacial score (nSPS) is 11.4. The molecule has 9 heteroatoms. The second-order valence-corrected chi connectivity index (χ2v) is 8.72. The molecule has 0 radical (unpaired) electrons. The van der Waals surface area contributed by atoms with E-state index in [0.717, 1.165) is 0 Å². The van der Waals surface area contributed by atoms with E-state index in [1.165, 1.54) is 19.2 Å². The number of hydrogen-bond acceptors (Lipinski definition) is 7. The SMILES string of the molecule is COc1cccc(C(=O)Nc2nnc(-c3cccc(S(=O)(=O)C(C)C)c3)o2)c1. The van der Waals surface area contributed by atoms with Gasteiger partial charge in [0.1, 0.15) is 5.75 Å². The Bertz CT molecular complexity index is 1110. The highest BCUT2D eigenvalue weighted by atomic mass is 32.2. The summed E-state index contributed by atoms with van der Waals surface area (Å²) in [4.78, 5) is 12.5. The van der Waals surface area contributed by atoms with Gasteiger partial charge in [-0.1, -0.05) is 17.2 Å². The molecule has 0 aliphatic carbocycles. The summed E-state index contributed by atoms with van der Waals surface area (Å²) >= 11 is 0. The Morgan fingerprint density at radius 1 is 1.11 bits per heavy atom. The highest BCUT2D eigenvalue weighted by molar-refractivity contribution is 7.92. The zero-order valence-corrected chi connectivity index (χ0v) is 16.4. The third kappa shape index (κ3) is 4.04. The number of benzene rings is 2. The summed E-state index contributed by atoms with van der Waals surface area (Å²) in [5.74, 6) is 0.203. The van der Waals surface area contributed by atoms with E-state index >= 15 is 0 Å². The molecule has 0 bridgehead atoms. The van der Waals surface area contributed by atoms with E-state index in [4.69, 9.17) is 9.15 Å². The summed E-state index contributed by atoms with van der Waals surface area (Å²) < 4.78 is 35.2. The van der Waals surface area contributed by atoms with Crippen molar-refractivity contribution in [1.29, 1.82) is 0 Å². The van der Waals surface area contributed by atoms with Crippen LogP contribution in [0.25, 0.3) is 11.5 Å². The van der Waals surface area contributed by atoms with Crippen LogP contribution in [-0.2, 0) is 9.84 Å². The Morgan fingerprint density at radius 2 is 1.86 bits per heavy atom. The molecular weight excluding hydrogens is 382 g/mol. The van der Waals surface area contributed by atoms with Crippen molar-refractivity contribution < 1.29 is 22.4 Å². The first-order valence-corrected chi connectivity index (χ1v) is 9.99. The molecule has 1 amide bonds. The first-order valence-electron chi connectivity index (χ1n) is 8.44. The van der Waals surface area contributed by atoms with E-state index < -0.39 is 21.0 Å². The lowest BCUT2D eigenvalue weighted by Gasteiger charge is -2.08. The molecule has 0 fully saturated rings. The van der Waals surface area contributed by atoms with Gasteiger partial charge in [0.2, 0.25) is 5.89 Å². The van der Waals surface area contributed by atoms with Gasteiger partial charge in [-0.15, -0.1) is 5.10 Å². The van der Waals surface area contributed by atoms with Gasteiger partial charge in [-0.05, 0) is 50.2 Å². The molecule has 1 heterocycles. The van der Waals surface area contributed by atoms with Gasteiger partial charge in [-0.3, -0.25) is 10.1 Å². The Hall–Kier alpha value is -3.20. The Morgan fingerprint density at radius 3 is 2.57 bits per heavy atom. The van der Waals surface area contributed by atoms with Crippen LogP contribution in [0.4, 0.5) is 6.01 Å². The number of amides is 1. The Kier molecular flexibility index (Phi) is 5.46. The van der Waals surface area contributed by atoms with Crippen LogP contribution < -0.4 is 10.1 Å². The second-order valence-electron chi connectivity index (χ2n) is 6.22. The van der Waals surface area contributed by atoms with Crippen LogP contribution >= 0.6 is 0 Å². The topological polar surface area (TPSA) is 111 Å². The number of carbonyl (C=O) groups is 1. The van der Waals surface area contributed by atoms with Gasteiger partial charge in [0.25, 0.3) is 5.91 Å². The molecule has 0 spiro atoms. The summed E-state index contributed by atoms with van der Waals surface area (Å²) in [6.07, 6.45) is 0. The number of nitrogens with zero attached hydrogens (tertiary/aromatic N) is 2. The molecule has 0 aliphatic rings. The minimum absolute atomic E-state index is 0.0973. The number of nitrogens with one attached hydrogen (secondary N) is 1. The number of methoxy groups -OCH3 is 1. The van der Waals surface area contributed by atoms with E-state index in [1.54, 1.807) is 50.2 Å². The molecule has 146 valence electrons. The lowest BCUT2D eigenvalue weighted by atomic mass is 10.2. The number of carbonyl (C=O) groups excluding carboxylic acids is 1. The highest BCUT2D eigenvalue weighted by Crippen LogP contribution is 2.25. The van der Waals surface area contributed by atoms with E-state index in [1.807, 2.05) is 0 Å². The quantitative estimate of drug-likeness (QED) is 0.675. The summed E-state index contributed by atoms with van der Waals surface area (Å²) in [5, 5.41) is 9.64. The zero-order valence-electron chi connectivity index (χ0n) is 15.5. The maximum absolute atomic E-state index is 12.3. The number of sulfone groups is 1. The molecule has 1 N–H and O–H groups in total. The minimum atomic E-state index is -3.43. The lowest BCUT2D eigenvalue weighted by molar-refractivity contribution is 0.102. The maximum Gasteiger partial charge on any atom is 0.322 e. The van der Waals surface area contributed by atoms with E-state index in [2.05, 4.69) is 15.5 Å². The van der Waals surface area contributed by atoms with Crippen molar-refractivity contribution >= 4 is 21.8 Å². The molecule has 28 heavy (non-hydrogen) atoms. The number of aromatic nitrogens is 2. The van der Waals surface area contributed by atoms with Gasteiger partial charge in [-0.25, -0.2) is 8.42 Å². The maximum atomic E-state index is 12.3. The van der Waals surface area contributed by atoms with Gasteiger partial charge >= 0.3 is 6.01 Å². The molecule has 8 nitrogen and oxygen atoms in total. The smallest absolute Gasteiger partial charge is 0.322 e. The third-order valence-electron chi connectivity index (χ3n) is 4.01. The fourth-order valence-corrected chi connectivity index (χ4v) is 3.51. The van der Waals surface area contributed by atoms with Gasteiger partial charge in [0.15, 0.2) is 9.84 Å². The van der Waals surface area contributed by atoms with Crippen molar-refractivity contribution in [3.05, 3.63) is 54.1 Å². The standard InChI is InChI=1S/C19H19N3O5S/c1-12(2)28(24,25)16-9-5-7-14(11-16)18-21-22-19(27-18)20-17(23)13-6-4-8-15(10-13)26-3/h4-12H,1-3H3,(H,20,22,23). The number of hydrogen-bond donors (Lipinski definition) is 1.